The van der Waals surface area contributed by atoms with Gasteiger partial charge in [-0.2, -0.15) is 0 Å². The zero-order chi connectivity index (χ0) is 20.8. The molecule has 152 valence electrons. The van der Waals surface area contributed by atoms with Crippen LogP contribution < -0.4 is 5.32 Å². The predicted octanol–water partition coefficient (Wildman–Crippen LogP) is 4.17. The molecule has 4 rings (SSSR count). The van der Waals surface area contributed by atoms with Crippen molar-refractivity contribution in [2.45, 2.75) is 25.0 Å². The molecule has 1 amide bonds. The lowest BCUT2D eigenvalue weighted by atomic mass is 10.1. The summed E-state index contributed by atoms with van der Waals surface area (Å²) in [6, 6.07) is 22.0. The Morgan fingerprint density at radius 2 is 1.83 bits per heavy atom. The number of nitrogens with one attached hydrogen (secondary N) is 1. The van der Waals surface area contributed by atoms with Crippen molar-refractivity contribution in [3.8, 4) is 5.69 Å². The highest BCUT2D eigenvalue weighted by atomic mass is 32.2. The summed E-state index contributed by atoms with van der Waals surface area (Å²) < 4.78 is 7.27. The van der Waals surface area contributed by atoms with Crippen LogP contribution in [0.1, 0.15) is 22.7 Å². The summed E-state index contributed by atoms with van der Waals surface area (Å²) in [6.45, 7) is 2.43. The summed E-state index contributed by atoms with van der Waals surface area (Å²) >= 11 is 1.37. The lowest BCUT2D eigenvalue weighted by Crippen LogP contribution is -2.24. The largest absolute Gasteiger partial charge is 0.467 e. The average molecular weight is 419 g/mol. The molecule has 0 saturated carbocycles. The molecule has 6 nitrogen and oxygen atoms in total. The van der Waals surface area contributed by atoms with Crippen molar-refractivity contribution >= 4 is 17.7 Å². The lowest BCUT2D eigenvalue weighted by Gasteiger charge is -2.11. The van der Waals surface area contributed by atoms with Crippen LogP contribution in [0.2, 0.25) is 0 Å². The summed E-state index contributed by atoms with van der Waals surface area (Å²) in [5.74, 6) is 1.72. The van der Waals surface area contributed by atoms with E-state index in [1.807, 2.05) is 41.0 Å². The highest BCUT2D eigenvalue weighted by molar-refractivity contribution is 7.99. The van der Waals surface area contributed by atoms with E-state index in [-0.39, 0.29) is 11.7 Å². The Labute approximate surface area is 179 Å². The number of aryl methyl sites for hydroxylation is 1. The van der Waals surface area contributed by atoms with Gasteiger partial charge in [0.15, 0.2) is 5.16 Å². The van der Waals surface area contributed by atoms with Crippen LogP contribution in [-0.2, 0) is 17.8 Å². The van der Waals surface area contributed by atoms with Crippen LogP contribution >= 0.6 is 11.8 Å². The number of carbonyl (C=O) groups excluding carboxylic acids is 1. The van der Waals surface area contributed by atoms with Crippen molar-refractivity contribution in [1.82, 2.24) is 20.1 Å². The van der Waals surface area contributed by atoms with E-state index in [2.05, 4.69) is 46.7 Å². The molecule has 0 fully saturated rings. The number of thioether (sulfide) groups is 1. The first-order valence-electron chi connectivity index (χ1n) is 9.66. The van der Waals surface area contributed by atoms with Crippen molar-refractivity contribution in [2.75, 3.05) is 5.75 Å². The molecule has 0 aliphatic heterocycles. The van der Waals surface area contributed by atoms with Crippen molar-refractivity contribution < 1.29 is 9.21 Å². The fourth-order valence-electron chi connectivity index (χ4n) is 3.02. The standard InChI is InChI=1S/C23H22N4O2S/c1-17-9-11-19(12-10-17)27-21(14-18-6-3-2-4-7-18)25-26-23(27)30-16-22(28)24-15-20-8-5-13-29-20/h2-13H,14-16H2,1H3,(H,24,28). The van der Waals surface area contributed by atoms with Crippen molar-refractivity contribution in [2.24, 2.45) is 0 Å². The predicted molar refractivity (Wildman–Crippen MR) is 117 cm³/mol. The second kappa shape index (κ2) is 9.45. The number of nitrogens with zero attached hydrogens (tertiary/aromatic N) is 3. The molecule has 0 atom stereocenters. The van der Waals surface area contributed by atoms with Crippen molar-refractivity contribution in [1.29, 1.82) is 0 Å². The molecule has 1 N–H and O–H groups in total. The van der Waals surface area contributed by atoms with Crippen LogP contribution in [0.3, 0.4) is 0 Å². The second-order valence-electron chi connectivity index (χ2n) is 6.88. The second-order valence-corrected chi connectivity index (χ2v) is 7.82. The van der Waals surface area contributed by atoms with Gasteiger partial charge in [0, 0.05) is 12.1 Å². The van der Waals surface area contributed by atoms with E-state index in [9.17, 15) is 4.79 Å². The van der Waals surface area contributed by atoms with Crippen LogP contribution in [0.25, 0.3) is 5.69 Å². The third-order valence-corrected chi connectivity index (χ3v) is 5.50. The summed E-state index contributed by atoms with van der Waals surface area (Å²) in [7, 11) is 0. The molecular weight excluding hydrogens is 396 g/mol. The van der Waals surface area contributed by atoms with Crippen molar-refractivity contribution in [3.63, 3.8) is 0 Å². The number of hydrogen-bond donors (Lipinski definition) is 1. The summed E-state index contributed by atoms with van der Waals surface area (Å²) in [6.07, 6.45) is 2.25. The van der Waals surface area contributed by atoms with Crippen molar-refractivity contribution in [3.05, 3.63) is 95.7 Å². The Morgan fingerprint density at radius 3 is 2.57 bits per heavy atom. The third-order valence-electron chi connectivity index (χ3n) is 4.57. The van der Waals surface area contributed by atoms with Gasteiger partial charge in [-0.3, -0.25) is 9.36 Å². The molecule has 2 heterocycles. The molecule has 2 aromatic carbocycles. The van der Waals surface area contributed by atoms with Crippen LogP contribution in [-0.4, -0.2) is 26.4 Å². The van der Waals surface area contributed by atoms with E-state index < -0.39 is 0 Å². The van der Waals surface area contributed by atoms with Gasteiger partial charge in [-0.15, -0.1) is 10.2 Å². The van der Waals surface area contributed by atoms with Gasteiger partial charge in [-0.25, -0.2) is 0 Å². The maximum Gasteiger partial charge on any atom is 0.230 e. The van der Waals surface area contributed by atoms with Crippen LogP contribution in [0, 0.1) is 6.92 Å². The van der Waals surface area contributed by atoms with Gasteiger partial charge in [-0.05, 0) is 36.8 Å². The highest BCUT2D eigenvalue weighted by Crippen LogP contribution is 2.24. The highest BCUT2D eigenvalue weighted by Gasteiger charge is 2.16. The Morgan fingerprint density at radius 1 is 1.03 bits per heavy atom. The summed E-state index contributed by atoms with van der Waals surface area (Å²) in [5.41, 5.74) is 3.32. The molecule has 0 bridgehead atoms. The molecule has 4 aromatic rings. The topological polar surface area (TPSA) is 73.0 Å². The minimum atomic E-state index is -0.0838. The average Bonchev–Trinajstić information content (AvgIpc) is 3.42. The summed E-state index contributed by atoms with van der Waals surface area (Å²) in [4.78, 5) is 12.3. The molecule has 0 spiro atoms. The number of furan rings is 1. The van der Waals surface area contributed by atoms with E-state index in [1.54, 1.807) is 12.3 Å². The molecular formula is C23H22N4O2S. The third kappa shape index (κ3) is 4.99. The molecule has 0 unspecified atom stereocenters. The zero-order valence-electron chi connectivity index (χ0n) is 16.6. The number of carbonyl (C=O) groups is 1. The van der Waals surface area contributed by atoms with Crippen LogP contribution in [0.15, 0.2) is 82.6 Å². The SMILES string of the molecule is Cc1ccc(-n2c(Cc3ccccc3)nnc2SCC(=O)NCc2ccco2)cc1. The van der Waals surface area contributed by atoms with Crippen LogP contribution in [0.5, 0.6) is 0 Å². The maximum atomic E-state index is 12.3. The Balaban J connectivity index is 1.51. The number of benzene rings is 2. The fraction of sp³-hybridized carbons (Fsp3) is 0.174. The molecule has 7 heteroatoms. The lowest BCUT2D eigenvalue weighted by molar-refractivity contribution is -0.118. The number of amides is 1. The molecule has 0 radical (unpaired) electrons. The Hall–Kier alpha value is -3.32. The minimum Gasteiger partial charge on any atom is -0.467 e. The Kier molecular flexibility index (Phi) is 6.29. The quantitative estimate of drug-likeness (QED) is 0.435. The zero-order valence-corrected chi connectivity index (χ0v) is 17.4. The summed E-state index contributed by atoms with van der Waals surface area (Å²) in [5, 5.41) is 12.3. The maximum absolute atomic E-state index is 12.3. The van der Waals surface area contributed by atoms with E-state index >= 15 is 0 Å². The van der Waals surface area contributed by atoms with E-state index in [0.29, 0.717) is 18.1 Å². The van der Waals surface area contributed by atoms with E-state index in [1.165, 1.54) is 17.3 Å². The first-order chi connectivity index (χ1) is 14.7. The fourth-order valence-corrected chi connectivity index (χ4v) is 3.82. The van der Waals surface area contributed by atoms with Gasteiger partial charge in [0.2, 0.25) is 5.91 Å². The van der Waals surface area contributed by atoms with Gasteiger partial charge >= 0.3 is 0 Å². The minimum absolute atomic E-state index is 0.0838. The van der Waals surface area contributed by atoms with E-state index in [4.69, 9.17) is 4.42 Å². The first kappa shape index (κ1) is 20.0. The monoisotopic (exact) mass is 418 g/mol. The van der Waals surface area contributed by atoms with Gasteiger partial charge in [-0.1, -0.05) is 59.8 Å². The van der Waals surface area contributed by atoms with Gasteiger partial charge in [0.1, 0.15) is 11.6 Å². The molecule has 0 aliphatic rings. The van der Waals surface area contributed by atoms with Gasteiger partial charge < -0.3 is 9.73 Å². The number of hydrogen-bond acceptors (Lipinski definition) is 5. The Bertz CT molecular complexity index is 1090. The smallest absolute Gasteiger partial charge is 0.230 e. The normalized spacial score (nSPS) is 10.8. The molecule has 30 heavy (non-hydrogen) atoms. The van der Waals surface area contributed by atoms with E-state index in [0.717, 1.165) is 22.8 Å². The van der Waals surface area contributed by atoms with Crippen LogP contribution in [0.4, 0.5) is 0 Å². The molecule has 0 saturated heterocycles. The number of aromatic nitrogens is 3. The number of rotatable bonds is 8. The van der Waals surface area contributed by atoms with Gasteiger partial charge in [0.25, 0.3) is 0 Å². The molecule has 2 aromatic heterocycles. The first-order valence-corrected chi connectivity index (χ1v) is 10.6. The van der Waals surface area contributed by atoms with Gasteiger partial charge in [0.05, 0.1) is 18.6 Å². The molecule has 0 aliphatic carbocycles.